The minimum absolute atomic E-state index is 0.118. The second-order valence-electron chi connectivity index (χ2n) is 7.98. The smallest absolute Gasteiger partial charge is 0.253 e. The molecule has 1 aliphatic carbocycles. The van der Waals surface area contributed by atoms with Crippen LogP contribution in [0.4, 0.5) is 11.5 Å². The highest BCUT2D eigenvalue weighted by Crippen LogP contribution is 2.56. The van der Waals surface area contributed by atoms with E-state index in [1.807, 2.05) is 10.8 Å². The van der Waals surface area contributed by atoms with Crippen molar-refractivity contribution in [1.29, 1.82) is 0 Å². The molecule has 9 heteroatoms. The second kappa shape index (κ2) is 6.07. The Kier molecular flexibility index (Phi) is 3.71. The molecule has 3 aromatic rings. The fraction of sp³-hybridized carbons (Fsp3) is 0.400. The van der Waals surface area contributed by atoms with E-state index in [0.29, 0.717) is 11.8 Å². The summed E-state index contributed by atoms with van der Waals surface area (Å²) in [6, 6.07) is 0.129. The van der Waals surface area contributed by atoms with Gasteiger partial charge in [0.25, 0.3) is 5.91 Å². The van der Waals surface area contributed by atoms with E-state index in [9.17, 15) is 4.79 Å². The van der Waals surface area contributed by atoms with Crippen LogP contribution in [0.15, 0.2) is 37.3 Å². The van der Waals surface area contributed by atoms with E-state index >= 15 is 0 Å². The topological polar surface area (TPSA) is 92.9 Å². The Morgan fingerprint density at radius 1 is 1.17 bits per heavy atom. The summed E-state index contributed by atoms with van der Waals surface area (Å²) in [5.74, 6) is 2.35. The molecule has 1 amide bonds. The Morgan fingerprint density at radius 3 is 2.55 bits per heavy atom. The molecule has 148 valence electrons. The molecule has 4 heterocycles. The van der Waals surface area contributed by atoms with E-state index < -0.39 is 5.54 Å². The molecule has 3 aromatic heterocycles. The van der Waals surface area contributed by atoms with Gasteiger partial charge in [-0.05, 0) is 26.2 Å². The first-order chi connectivity index (χ1) is 13.9. The lowest BCUT2D eigenvalue weighted by molar-refractivity contribution is -0.121. The number of anilines is 2. The Morgan fingerprint density at radius 2 is 1.90 bits per heavy atom. The number of aromatic nitrogens is 6. The zero-order valence-corrected chi connectivity index (χ0v) is 16.8. The molecule has 9 nitrogen and oxygen atoms in total. The monoisotopic (exact) mass is 390 g/mol. The molecule has 0 N–H and O–H groups in total. The second-order valence-corrected chi connectivity index (χ2v) is 7.98. The van der Waals surface area contributed by atoms with Crippen LogP contribution in [0.3, 0.4) is 0 Å². The van der Waals surface area contributed by atoms with Crippen molar-refractivity contribution in [3.8, 4) is 17.3 Å². The molecule has 2 atom stereocenters. The van der Waals surface area contributed by atoms with Crippen molar-refractivity contribution >= 4 is 17.4 Å². The maximum absolute atomic E-state index is 13.1. The fourth-order valence-corrected chi connectivity index (χ4v) is 4.42. The van der Waals surface area contributed by atoms with Crippen molar-refractivity contribution in [1.82, 2.24) is 29.5 Å². The van der Waals surface area contributed by atoms with Gasteiger partial charge in [-0.2, -0.15) is 4.98 Å². The predicted molar refractivity (Wildman–Crippen MR) is 108 cm³/mol. The first kappa shape index (κ1) is 17.7. The lowest BCUT2D eigenvalue weighted by Crippen LogP contribution is -2.58. The number of amides is 1. The minimum Gasteiger partial charge on any atom is -0.337 e. The molecule has 0 radical (unpaired) electrons. The Balaban J connectivity index is 1.66. The van der Waals surface area contributed by atoms with Crippen molar-refractivity contribution in [2.24, 2.45) is 5.92 Å². The Hall–Kier alpha value is -3.36. The summed E-state index contributed by atoms with van der Waals surface area (Å²) in [6.07, 6.45) is 11.0. The zero-order valence-electron chi connectivity index (χ0n) is 16.8. The highest BCUT2D eigenvalue weighted by atomic mass is 16.2. The van der Waals surface area contributed by atoms with E-state index in [4.69, 9.17) is 4.98 Å². The standard InChI is InChI=1S/C20H22N8O/c1-12(2)28-17-15(26(4)18(29)20(28)7-13(20)3)10-24-19(25-17)27-6-5-23-16(27)14-8-21-11-22-9-14/h5-6,8-13H,7H2,1-4H3/t13-,20-/m0/s1. The van der Waals surface area contributed by atoms with E-state index in [1.54, 1.807) is 36.7 Å². The number of rotatable bonds is 3. The van der Waals surface area contributed by atoms with Gasteiger partial charge in [0.1, 0.15) is 23.4 Å². The van der Waals surface area contributed by atoms with Crippen LogP contribution in [-0.2, 0) is 4.79 Å². The molecule has 0 saturated heterocycles. The van der Waals surface area contributed by atoms with Crippen LogP contribution in [0.1, 0.15) is 27.2 Å². The molecular weight excluding hydrogens is 368 g/mol. The van der Waals surface area contributed by atoms with Crippen molar-refractivity contribution in [2.45, 2.75) is 38.8 Å². The van der Waals surface area contributed by atoms with Crippen LogP contribution in [0.25, 0.3) is 17.3 Å². The van der Waals surface area contributed by atoms with Crippen LogP contribution in [0.2, 0.25) is 0 Å². The first-order valence-corrected chi connectivity index (χ1v) is 9.68. The third-order valence-corrected chi connectivity index (χ3v) is 5.90. The van der Waals surface area contributed by atoms with E-state index in [1.165, 1.54) is 6.33 Å². The molecule has 0 unspecified atom stereocenters. The zero-order chi connectivity index (χ0) is 20.3. The van der Waals surface area contributed by atoms with Crippen LogP contribution < -0.4 is 9.80 Å². The van der Waals surface area contributed by atoms with Gasteiger partial charge in [-0.1, -0.05) is 6.92 Å². The van der Waals surface area contributed by atoms with Gasteiger partial charge in [0.05, 0.1) is 11.8 Å². The van der Waals surface area contributed by atoms with Crippen LogP contribution in [-0.4, -0.2) is 54.0 Å². The van der Waals surface area contributed by atoms with Crippen molar-refractivity contribution in [3.05, 3.63) is 37.3 Å². The Labute approximate surface area is 168 Å². The number of carbonyl (C=O) groups is 1. The minimum atomic E-state index is -0.507. The number of fused-ring (bicyclic) bond motifs is 1. The SMILES string of the molecule is CC(C)N1c2nc(-n3ccnc3-c3cncnc3)ncc2N(C)C(=O)[C@@]12C[C@@H]2C. The van der Waals surface area contributed by atoms with E-state index in [0.717, 1.165) is 23.5 Å². The quantitative estimate of drug-likeness (QED) is 0.676. The molecule has 0 aromatic carbocycles. The highest BCUT2D eigenvalue weighted by Gasteiger charge is 2.66. The summed E-state index contributed by atoms with van der Waals surface area (Å²) < 4.78 is 1.82. The molecule has 0 bridgehead atoms. The van der Waals surface area contributed by atoms with Gasteiger partial charge in [-0.3, -0.25) is 9.36 Å². The Bertz CT molecular complexity index is 1090. The summed E-state index contributed by atoms with van der Waals surface area (Å²) in [5, 5.41) is 0. The van der Waals surface area contributed by atoms with E-state index in [2.05, 4.69) is 45.6 Å². The average Bonchev–Trinajstić information content (AvgIpc) is 3.15. The molecule has 5 rings (SSSR count). The average molecular weight is 390 g/mol. The van der Waals surface area contributed by atoms with Gasteiger partial charge in [0.2, 0.25) is 5.95 Å². The number of hydrogen-bond acceptors (Lipinski definition) is 7. The van der Waals surface area contributed by atoms with Gasteiger partial charge < -0.3 is 9.80 Å². The van der Waals surface area contributed by atoms with Crippen LogP contribution in [0.5, 0.6) is 0 Å². The summed E-state index contributed by atoms with van der Waals surface area (Å²) in [6.45, 7) is 6.32. The fourth-order valence-electron chi connectivity index (χ4n) is 4.42. The van der Waals surface area contributed by atoms with Gasteiger partial charge in [0, 0.05) is 37.9 Å². The van der Waals surface area contributed by atoms with Crippen molar-refractivity contribution in [3.63, 3.8) is 0 Å². The normalized spacial score (nSPS) is 23.1. The lowest BCUT2D eigenvalue weighted by atomic mass is 10.0. The van der Waals surface area contributed by atoms with Gasteiger partial charge >= 0.3 is 0 Å². The molecule has 1 aliphatic heterocycles. The largest absolute Gasteiger partial charge is 0.337 e. The maximum Gasteiger partial charge on any atom is 0.253 e. The van der Waals surface area contributed by atoms with Gasteiger partial charge in [0.15, 0.2) is 5.82 Å². The molecule has 1 spiro atoms. The number of nitrogens with zero attached hydrogens (tertiary/aromatic N) is 8. The summed E-state index contributed by atoms with van der Waals surface area (Å²) in [5.41, 5.74) is 0.994. The third kappa shape index (κ3) is 2.39. The van der Waals surface area contributed by atoms with E-state index in [-0.39, 0.29) is 17.9 Å². The van der Waals surface area contributed by atoms with Crippen LogP contribution >= 0.6 is 0 Å². The first-order valence-electron chi connectivity index (χ1n) is 9.68. The molecule has 1 saturated carbocycles. The third-order valence-electron chi connectivity index (χ3n) is 5.90. The van der Waals surface area contributed by atoms with Crippen molar-refractivity contribution in [2.75, 3.05) is 16.8 Å². The van der Waals surface area contributed by atoms with Gasteiger partial charge in [-0.25, -0.2) is 19.9 Å². The molecular formula is C20H22N8O. The molecule has 2 aliphatic rings. The van der Waals surface area contributed by atoms with Gasteiger partial charge in [-0.15, -0.1) is 0 Å². The summed E-state index contributed by atoms with van der Waals surface area (Å²) in [7, 11) is 1.80. The summed E-state index contributed by atoms with van der Waals surface area (Å²) in [4.78, 5) is 39.0. The number of imidazole rings is 1. The number of carbonyl (C=O) groups excluding carboxylic acids is 1. The summed E-state index contributed by atoms with van der Waals surface area (Å²) >= 11 is 0. The molecule has 1 fully saturated rings. The predicted octanol–water partition coefficient (Wildman–Crippen LogP) is 2.09. The number of hydrogen-bond donors (Lipinski definition) is 0. The van der Waals surface area contributed by atoms with Crippen LogP contribution in [0, 0.1) is 5.92 Å². The number of likely N-dealkylation sites (N-methyl/N-ethyl adjacent to an activating group) is 1. The van der Waals surface area contributed by atoms with Crippen molar-refractivity contribution < 1.29 is 4.79 Å². The highest BCUT2D eigenvalue weighted by molar-refractivity contribution is 6.09. The lowest BCUT2D eigenvalue weighted by Gasteiger charge is -2.44. The maximum atomic E-state index is 13.1. The molecule has 29 heavy (non-hydrogen) atoms.